The molecule has 41 heavy (non-hydrogen) atoms. The van der Waals surface area contributed by atoms with E-state index in [2.05, 4.69) is 20.6 Å². The highest BCUT2D eigenvalue weighted by atomic mass is 16.6. The first-order valence-corrected chi connectivity index (χ1v) is 13.3. The summed E-state index contributed by atoms with van der Waals surface area (Å²) in [5.74, 6) is -2.47. The maximum Gasteiger partial charge on any atom is 0.303 e. The van der Waals surface area contributed by atoms with E-state index in [4.69, 9.17) is 18.9 Å². The van der Waals surface area contributed by atoms with Gasteiger partial charge in [0.2, 0.25) is 0 Å². The molecule has 4 heterocycles. The molecule has 5 atom stereocenters. The average molecular weight is 567 g/mol. The third-order valence-electron chi connectivity index (χ3n) is 6.83. The molecule has 2 aliphatic heterocycles. The van der Waals surface area contributed by atoms with Gasteiger partial charge in [0.25, 0.3) is 0 Å². The van der Waals surface area contributed by atoms with E-state index in [0.717, 1.165) is 5.56 Å². The molecule has 0 saturated carbocycles. The number of carbonyl (C=O) groups excluding carboxylic acids is 4. The predicted molar refractivity (Wildman–Crippen MR) is 138 cm³/mol. The Hall–Kier alpha value is -4.46. The molecule has 6 bridgehead atoms. The number of carbonyl (C=O) groups is 4. The maximum atomic E-state index is 13.8. The fraction of sp³-hybridized carbons (Fsp3) is 0.481. The van der Waals surface area contributed by atoms with Gasteiger partial charge in [-0.05, 0) is 12.8 Å². The van der Waals surface area contributed by atoms with Crippen molar-refractivity contribution in [1.82, 2.24) is 30.0 Å². The number of Topliss-reactive ketones (excluding diaryl/α,β-unsaturated/α-hetero) is 1. The highest BCUT2D eigenvalue weighted by Gasteiger charge is 2.52. The second-order valence-electron chi connectivity index (χ2n) is 9.97. The van der Waals surface area contributed by atoms with Gasteiger partial charge >= 0.3 is 17.9 Å². The molecule has 0 N–H and O–H groups in total. The van der Waals surface area contributed by atoms with E-state index in [-0.39, 0.29) is 18.7 Å². The summed E-state index contributed by atoms with van der Waals surface area (Å²) in [5.41, 5.74) is 2.13. The number of aryl methyl sites for hydroxylation is 2. The smallest absolute Gasteiger partial charge is 0.303 e. The van der Waals surface area contributed by atoms with E-state index in [9.17, 15) is 19.2 Å². The van der Waals surface area contributed by atoms with Gasteiger partial charge in [0, 0.05) is 45.5 Å². The number of esters is 3. The number of hydrogen-bond donors (Lipinski definition) is 0. The zero-order valence-corrected chi connectivity index (χ0v) is 22.8. The van der Waals surface area contributed by atoms with E-state index >= 15 is 0 Å². The number of hydrogen-bond acceptors (Lipinski definition) is 12. The van der Waals surface area contributed by atoms with Gasteiger partial charge < -0.3 is 18.9 Å². The fourth-order valence-corrected chi connectivity index (χ4v) is 5.25. The van der Waals surface area contributed by atoms with Gasteiger partial charge in [-0.15, -0.1) is 10.2 Å². The summed E-state index contributed by atoms with van der Waals surface area (Å²) < 4.78 is 26.2. The van der Waals surface area contributed by atoms with Crippen molar-refractivity contribution in [3.63, 3.8) is 0 Å². The minimum absolute atomic E-state index is 0.0595. The van der Waals surface area contributed by atoms with E-state index in [0.29, 0.717) is 30.8 Å². The second kappa shape index (κ2) is 12.0. The van der Waals surface area contributed by atoms with Crippen molar-refractivity contribution in [3.05, 3.63) is 47.9 Å². The molecule has 1 aromatic carbocycles. The van der Waals surface area contributed by atoms with Crippen molar-refractivity contribution in [1.29, 1.82) is 0 Å². The van der Waals surface area contributed by atoms with Crippen LogP contribution >= 0.6 is 0 Å². The van der Waals surface area contributed by atoms with Gasteiger partial charge in [0.05, 0.1) is 17.9 Å². The zero-order chi connectivity index (χ0) is 29.1. The van der Waals surface area contributed by atoms with Gasteiger partial charge in [-0.3, -0.25) is 19.2 Å². The minimum Gasteiger partial charge on any atom is -0.456 e. The molecule has 14 nitrogen and oxygen atoms in total. The summed E-state index contributed by atoms with van der Waals surface area (Å²) in [6, 6.07) is 9.30. The highest BCUT2D eigenvalue weighted by molar-refractivity contribution is 6.00. The topological polar surface area (TPSA) is 167 Å². The molecule has 1 fully saturated rings. The van der Waals surface area contributed by atoms with Crippen LogP contribution in [0.4, 0.5) is 0 Å². The Morgan fingerprint density at radius 1 is 0.878 bits per heavy atom. The Bertz CT molecular complexity index is 1440. The number of rotatable bonds is 4. The van der Waals surface area contributed by atoms with Crippen molar-refractivity contribution >= 4 is 23.7 Å². The first-order valence-electron chi connectivity index (χ1n) is 13.3. The zero-order valence-electron chi connectivity index (χ0n) is 22.8. The van der Waals surface area contributed by atoms with Crippen LogP contribution in [0.3, 0.4) is 0 Å². The number of benzene rings is 1. The van der Waals surface area contributed by atoms with Crippen LogP contribution in [0, 0.1) is 0 Å². The Balaban J connectivity index is 1.61. The van der Waals surface area contributed by atoms with Gasteiger partial charge in [0.15, 0.2) is 29.8 Å². The SMILES string of the molecule is CC(=O)O[C@@H]1[C@@H](OC(C)=O)[C@@H]2CC(=O)c3nnn(c3-c3ccccc3)CCCc3cn(nn3)C[C@@H](O2)[C@H]1OC(C)=O. The molecule has 1 saturated heterocycles. The van der Waals surface area contributed by atoms with E-state index in [1.54, 1.807) is 10.9 Å². The minimum atomic E-state index is -1.27. The molecule has 0 radical (unpaired) electrons. The number of fused-ring (bicyclic) bond motifs is 6. The first kappa shape index (κ1) is 28.1. The van der Waals surface area contributed by atoms with Gasteiger partial charge in [0.1, 0.15) is 12.2 Å². The van der Waals surface area contributed by atoms with Crippen LogP contribution in [0.5, 0.6) is 0 Å². The molecule has 0 unspecified atom stereocenters. The monoisotopic (exact) mass is 566 g/mol. The van der Waals surface area contributed by atoms with Crippen LogP contribution in [0.2, 0.25) is 0 Å². The third-order valence-corrected chi connectivity index (χ3v) is 6.83. The maximum absolute atomic E-state index is 13.8. The van der Waals surface area contributed by atoms with Crippen molar-refractivity contribution in [2.24, 2.45) is 0 Å². The molecule has 2 aliphatic rings. The van der Waals surface area contributed by atoms with Crippen LogP contribution < -0.4 is 0 Å². The predicted octanol–water partition coefficient (Wildman–Crippen LogP) is 1.32. The molecule has 216 valence electrons. The van der Waals surface area contributed by atoms with Gasteiger partial charge in [-0.2, -0.15) is 0 Å². The molecule has 5 rings (SSSR count). The Morgan fingerprint density at radius 3 is 2.22 bits per heavy atom. The molecule has 0 amide bonds. The van der Waals surface area contributed by atoms with Crippen LogP contribution in [0.1, 0.15) is 49.8 Å². The first-order chi connectivity index (χ1) is 19.7. The van der Waals surface area contributed by atoms with Crippen molar-refractivity contribution < 1.29 is 38.1 Å². The third kappa shape index (κ3) is 6.32. The standard InChI is InChI=1S/C27H30N6O8/c1-15(34)38-25-21-12-20(37)23-24(18-8-5-4-6-9-18)33(31-29-23)11-7-10-19-13-32(30-28-19)14-22(41-21)26(39-16(2)35)27(25)40-17(3)36/h4-6,8-9,13,21-22,25-27H,7,10-12,14H2,1-3H3/t21-,22+,25-,26+,27+/m0/s1. The molecule has 3 aromatic rings. The quantitative estimate of drug-likeness (QED) is 0.329. The summed E-state index contributed by atoms with van der Waals surface area (Å²) in [4.78, 5) is 50.3. The Labute approximate surface area is 234 Å². The summed E-state index contributed by atoms with van der Waals surface area (Å²) >= 11 is 0. The normalized spacial score (nSPS) is 24.5. The van der Waals surface area contributed by atoms with Crippen molar-refractivity contribution in [3.8, 4) is 11.3 Å². The lowest BCUT2D eigenvalue weighted by Gasteiger charge is -2.44. The highest BCUT2D eigenvalue weighted by Crippen LogP contribution is 2.33. The number of aromatic nitrogens is 6. The lowest BCUT2D eigenvalue weighted by molar-refractivity contribution is -0.248. The van der Waals surface area contributed by atoms with Crippen molar-refractivity contribution in [2.75, 3.05) is 0 Å². The summed E-state index contributed by atoms with van der Waals surface area (Å²) in [6.07, 6.45) is -3.04. The lowest BCUT2D eigenvalue weighted by Crippen LogP contribution is -2.62. The van der Waals surface area contributed by atoms with Gasteiger partial charge in [-0.1, -0.05) is 40.8 Å². The summed E-state index contributed by atoms with van der Waals surface area (Å²) in [5, 5.41) is 16.9. The van der Waals surface area contributed by atoms with E-state index in [1.807, 2.05) is 30.3 Å². The van der Waals surface area contributed by atoms with E-state index in [1.165, 1.54) is 25.5 Å². The molecular weight excluding hydrogens is 536 g/mol. The van der Waals surface area contributed by atoms with Gasteiger partial charge in [-0.25, -0.2) is 9.36 Å². The number of ketones is 1. The molecule has 14 heteroatoms. The summed E-state index contributed by atoms with van der Waals surface area (Å²) in [6.45, 7) is 4.10. The molecule has 0 aliphatic carbocycles. The van der Waals surface area contributed by atoms with Crippen LogP contribution in [-0.4, -0.2) is 84.2 Å². The summed E-state index contributed by atoms with van der Waals surface area (Å²) in [7, 11) is 0. The lowest BCUT2D eigenvalue weighted by atomic mass is 9.90. The van der Waals surface area contributed by atoms with Crippen LogP contribution in [0.25, 0.3) is 11.3 Å². The average Bonchev–Trinajstić information content (AvgIpc) is 3.54. The second-order valence-corrected chi connectivity index (χ2v) is 9.97. The Morgan fingerprint density at radius 2 is 1.54 bits per heavy atom. The number of nitrogens with zero attached hydrogens (tertiary/aromatic N) is 6. The number of ether oxygens (including phenoxy) is 4. The largest absolute Gasteiger partial charge is 0.456 e. The Kier molecular flexibility index (Phi) is 8.19. The van der Waals surface area contributed by atoms with E-state index < -0.39 is 54.2 Å². The fourth-order valence-electron chi connectivity index (χ4n) is 5.25. The van der Waals surface area contributed by atoms with Crippen LogP contribution in [-0.2, 0) is 52.8 Å². The van der Waals surface area contributed by atoms with Crippen LogP contribution in [0.15, 0.2) is 36.5 Å². The van der Waals surface area contributed by atoms with Crippen molar-refractivity contribution in [2.45, 2.75) is 83.6 Å². The molecule has 2 aromatic heterocycles. The molecular formula is C27H30N6O8. The molecule has 0 spiro atoms.